The van der Waals surface area contributed by atoms with Crippen molar-refractivity contribution in [3.05, 3.63) is 106 Å². The Kier molecular flexibility index (Phi) is 10.6. The van der Waals surface area contributed by atoms with Crippen molar-refractivity contribution < 1.29 is 9.18 Å². The average molecular weight is 470 g/mol. The minimum atomic E-state index is -0.333. The van der Waals surface area contributed by atoms with Crippen molar-refractivity contribution in [3.8, 4) is 11.8 Å². The van der Waals surface area contributed by atoms with Gasteiger partial charge in [-0.2, -0.15) is 0 Å². The molecule has 3 aromatic rings. The zero-order chi connectivity index (χ0) is 24.9. The minimum absolute atomic E-state index is 0.0623. The van der Waals surface area contributed by atoms with Gasteiger partial charge in [0.1, 0.15) is 5.82 Å². The lowest BCUT2D eigenvalue weighted by molar-refractivity contribution is 0.0740. The fourth-order valence-electron chi connectivity index (χ4n) is 3.95. The van der Waals surface area contributed by atoms with Crippen molar-refractivity contribution in [2.24, 2.45) is 0 Å². The van der Waals surface area contributed by atoms with Gasteiger partial charge < -0.3 is 4.90 Å². The topological polar surface area (TPSA) is 20.3 Å². The fraction of sp³-hybridized carbons (Fsp3) is 0.344. The molecule has 0 saturated carbocycles. The monoisotopic (exact) mass is 469 g/mol. The molecular formula is C32H36FNO. The smallest absolute Gasteiger partial charge is 0.254 e. The van der Waals surface area contributed by atoms with Crippen LogP contribution in [0, 0.1) is 17.7 Å². The highest BCUT2D eigenvalue weighted by Crippen LogP contribution is 2.14. The Bertz CT molecular complexity index is 1110. The summed E-state index contributed by atoms with van der Waals surface area (Å²) in [7, 11) is 0. The normalized spacial score (nSPS) is 10.5. The molecule has 2 nitrogen and oxygen atoms in total. The van der Waals surface area contributed by atoms with Crippen LogP contribution in [0.5, 0.6) is 0 Å². The maximum absolute atomic E-state index is 13.3. The molecule has 0 radical (unpaired) electrons. The van der Waals surface area contributed by atoms with Crippen LogP contribution in [0.3, 0.4) is 0 Å². The number of unbranched alkanes of at least 4 members (excludes halogenated alkanes) is 4. The Labute approximate surface area is 210 Å². The molecule has 3 aromatic carbocycles. The molecule has 182 valence electrons. The van der Waals surface area contributed by atoms with Crippen LogP contribution in [0.15, 0.2) is 72.8 Å². The van der Waals surface area contributed by atoms with Crippen molar-refractivity contribution >= 4 is 5.91 Å². The second-order valence-electron chi connectivity index (χ2n) is 9.04. The molecule has 35 heavy (non-hydrogen) atoms. The SMILES string of the molecule is CCCCCCN(Cc1ccc(C#Cc2ccc(CCCC)cc2)cc1)C(=O)c1ccc(F)cc1. The minimum Gasteiger partial charge on any atom is -0.334 e. The molecule has 0 bridgehead atoms. The van der Waals surface area contributed by atoms with E-state index in [1.165, 1.54) is 30.5 Å². The van der Waals surface area contributed by atoms with Gasteiger partial charge in [-0.25, -0.2) is 4.39 Å². The van der Waals surface area contributed by atoms with Crippen LogP contribution in [-0.2, 0) is 13.0 Å². The van der Waals surface area contributed by atoms with E-state index in [4.69, 9.17) is 0 Å². The summed E-state index contributed by atoms with van der Waals surface area (Å²) < 4.78 is 13.3. The lowest BCUT2D eigenvalue weighted by Crippen LogP contribution is -2.31. The molecular weight excluding hydrogens is 433 g/mol. The number of hydrogen-bond donors (Lipinski definition) is 0. The highest BCUT2D eigenvalue weighted by atomic mass is 19.1. The third-order valence-electron chi connectivity index (χ3n) is 6.11. The van der Waals surface area contributed by atoms with Crippen LogP contribution in [0.4, 0.5) is 4.39 Å². The summed E-state index contributed by atoms with van der Waals surface area (Å²) in [5, 5.41) is 0. The Hall–Kier alpha value is -3.38. The third-order valence-corrected chi connectivity index (χ3v) is 6.11. The summed E-state index contributed by atoms with van der Waals surface area (Å²) in [5.74, 6) is 6.09. The lowest BCUT2D eigenvalue weighted by atomic mass is 10.1. The van der Waals surface area contributed by atoms with Gasteiger partial charge in [0, 0.05) is 29.8 Å². The van der Waals surface area contributed by atoms with Gasteiger partial charge in [-0.15, -0.1) is 0 Å². The summed E-state index contributed by atoms with van der Waals surface area (Å²) in [6.45, 7) is 5.59. The molecule has 0 atom stereocenters. The number of hydrogen-bond acceptors (Lipinski definition) is 1. The number of benzene rings is 3. The zero-order valence-corrected chi connectivity index (χ0v) is 21.0. The van der Waals surface area contributed by atoms with Gasteiger partial charge in [0.2, 0.25) is 0 Å². The molecule has 0 unspecified atom stereocenters. The maximum atomic E-state index is 13.3. The van der Waals surface area contributed by atoms with Gasteiger partial charge in [-0.3, -0.25) is 4.79 Å². The number of aryl methyl sites for hydroxylation is 1. The van der Waals surface area contributed by atoms with E-state index in [1.807, 2.05) is 29.2 Å². The average Bonchev–Trinajstić information content (AvgIpc) is 2.89. The first kappa shape index (κ1) is 26.2. The van der Waals surface area contributed by atoms with Crippen molar-refractivity contribution in [2.45, 2.75) is 65.3 Å². The van der Waals surface area contributed by atoms with Gasteiger partial charge in [0.05, 0.1) is 0 Å². The molecule has 0 aromatic heterocycles. The van der Waals surface area contributed by atoms with E-state index in [-0.39, 0.29) is 11.7 Å². The number of rotatable bonds is 11. The number of amides is 1. The largest absolute Gasteiger partial charge is 0.334 e. The standard InChI is InChI=1S/C32H36FNO/c1-3-5-7-8-24-34(32(35)30-20-22-31(33)23-21-30)25-29-18-16-28(17-19-29)15-14-27-12-10-26(11-13-27)9-6-4-2/h10-13,16-23H,3-9,24-25H2,1-2H3. The van der Waals surface area contributed by atoms with E-state index in [1.54, 1.807) is 12.1 Å². The maximum Gasteiger partial charge on any atom is 0.254 e. The molecule has 0 aliphatic rings. The number of carbonyl (C=O) groups is 1. The summed E-state index contributed by atoms with van der Waals surface area (Å²) in [5.41, 5.74) is 4.89. The number of halogens is 1. The molecule has 3 rings (SSSR count). The highest BCUT2D eigenvalue weighted by molar-refractivity contribution is 5.94. The van der Waals surface area contributed by atoms with Crippen molar-refractivity contribution in [1.82, 2.24) is 4.90 Å². The Morgan fingerprint density at radius 1 is 0.714 bits per heavy atom. The summed E-state index contributed by atoms with van der Waals surface area (Å²) in [6, 6.07) is 22.4. The summed E-state index contributed by atoms with van der Waals surface area (Å²) in [6.07, 6.45) is 7.90. The Morgan fingerprint density at radius 2 is 1.29 bits per heavy atom. The molecule has 0 N–H and O–H groups in total. The second-order valence-corrected chi connectivity index (χ2v) is 9.04. The van der Waals surface area contributed by atoms with Gasteiger partial charge in [0.15, 0.2) is 0 Å². The number of nitrogens with zero attached hydrogens (tertiary/aromatic N) is 1. The molecule has 0 fully saturated rings. The molecule has 0 aliphatic heterocycles. The van der Waals surface area contributed by atoms with Gasteiger partial charge in [0.25, 0.3) is 5.91 Å². The third kappa shape index (κ3) is 8.72. The van der Waals surface area contributed by atoms with Gasteiger partial charge in [-0.05, 0) is 78.9 Å². The highest BCUT2D eigenvalue weighted by Gasteiger charge is 2.16. The van der Waals surface area contributed by atoms with Crippen molar-refractivity contribution in [3.63, 3.8) is 0 Å². The predicted octanol–water partition coefficient (Wildman–Crippen LogP) is 7.79. The van der Waals surface area contributed by atoms with Crippen LogP contribution in [0.1, 0.15) is 85.0 Å². The van der Waals surface area contributed by atoms with Gasteiger partial charge >= 0.3 is 0 Å². The fourth-order valence-corrected chi connectivity index (χ4v) is 3.95. The Morgan fingerprint density at radius 3 is 1.86 bits per heavy atom. The zero-order valence-electron chi connectivity index (χ0n) is 21.0. The first-order chi connectivity index (χ1) is 17.1. The molecule has 3 heteroatoms. The summed E-state index contributed by atoms with van der Waals surface area (Å²) in [4.78, 5) is 15.0. The van der Waals surface area contributed by atoms with Crippen LogP contribution < -0.4 is 0 Å². The van der Waals surface area contributed by atoms with Crippen LogP contribution in [0.2, 0.25) is 0 Å². The van der Waals surface area contributed by atoms with Crippen LogP contribution in [-0.4, -0.2) is 17.4 Å². The van der Waals surface area contributed by atoms with Crippen LogP contribution in [0.25, 0.3) is 0 Å². The van der Waals surface area contributed by atoms with E-state index < -0.39 is 0 Å². The predicted molar refractivity (Wildman–Crippen MR) is 143 cm³/mol. The first-order valence-corrected chi connectivity index (χ1v) is 12.8. The van der Waals surface area contributed by atoms with Crippen LogP contribution >= 0.6 is 0 Å². The second kappa shape index (κ2) is 14.1. The van der Waals surface area contributed by atoms with Crippen molar-refractivity contribution in [1.29, 1.82) is 0 Å². The molecule has 1 amide bonds. The van der Waals surface area contributed by atoms with Crippen molar-refractivity contribution in [2.75, 3.05) is 6.54 Å². The van der Waals surface area contributed by atoms with E-state index in [0.717, 1.165) is 48.8 Å². The molecule has 0 spiro atoms. The first-order valence-electron chi connectivity index (χ1n) is 12.8. The number of carbonyl (C=O) groups excluding carboxylic acids is 1. The lowest BCUT2D eigenvalue weighted by Gasteiger charge is -2.23. The van der Waals surface area contributed by atoms with E-state index in [0.29, 0.717) is 18.7 Å². The van der Waals surface area contributed by atoms with Gasteiger partial charge in [-0.1, -0.05) is 75.6 Å². The van der Waals surface area contributed by atoms with E-state index in [9.17, 15) is 9.18 Å². The Balaban J connectivity index is 1.65. The van der Waals surface area contributed by atoms with E-state index in [2.05, 4.69) is 50.0 Å². The molecule has 0 heterocycles. The molecule has 0 saturated heterocycles. The van der Waals surface area contributed by atoms with E-state index >= 15 is 0 Å². The summed E-state index contributed by atoms with van der Waals surface area (Å²) >= 11 is 0. The quantitative estimate of drug-likeness (QED) is 0.207. The molecule has 0 aliphatic carbocycles.